The van der Waals surface area contributed by atoms with E-state index in [2.05, 4.69) is 15.5 Å². The highest BCUT2D eigenvalue weighted by Gasteiger charge is 2.25. The Hall–Kier alpha value is -2.44. The van der Waals surface area contributed by atoms with Gasteiger partial charge in [0.15, 0.2) is 0 Å². The van der Waals surface area contributed by atoms with Crippen molar-refractivity contribution in [2.45, 2.75) is 32.7 Å². The first-order valence-electron chi connectivity index (χ1n) is 10.7. The van der Waals surface area contributed by atoms with E-state index in [9.17, 15) is 14.0 Å². The Balaban J connectivity index is 1.32. The highest BCUT2D eigenvalue weighted by atomic mass is 35.5. The first-order valence-corrected chi connectivity index (χ1v) is 11.0. The highest BCUT2D eigenvalue weighted by Crippen LogP contribution is 2.17. The number of hydrogen-bond donors (Lipinski definition) is 2. The number of hydrogen-bond acceptors (Lipinski definition) is 3. The van der Waals surface area contributed by atoms with Gasteiger partial charge in [0.05, 0.1) is 6.54 Å². The number of nitrogens with zero attached hydrogens (tertiary/aromatic N) is 1. The van der Waals surface area contributed by atoms with E-state index < -0.39 is 0 Å². The van der Waals surface area contributed by atoms with Crippen LogP contribution in [0, 0.1) is 18.7 Å². The largest absolute Gasteiger partial charge is 0.355 e. The normalized spacial score (nSPS) is 14.9. The number of likely N-dealkylation sites (tertiary alicyclic amines) is 1. The Labute approximate surface area is 188 Å². The van der Waals surface area contributed by atoms with E-state index >= 15 is 0 Å². The van der Waals surface area contributed by atoms with Gasteiger partial charge in [-0.1, -0.05) is 35.9 Å². The van der Waals surface area contributed by atoms with E-state index in [1.165, 1.54) is 6.07 Å². The summed E-state index contributed by atoms with van der Waals surface area (Å²) in [6, 6.07) is 12.6. The number of rotatable bonds is 8. The summed E-state index contributed by atoms with van der Waals surface area (Å²) in [5.41, 5.74) is 2.48. The SMILES string of the molecule is Cc1ccc(CNC(=O)C2CCN(CC(=O)NCCc3ccc(Cl)cc3)CC2)cc1F. The number of amides is 2. The topological polar surface area (TPSA) is 61.4 Å². The van der Waals surface area contributed by atoms with Crippen molar-refractivity contribution in [3.8, 4) is 0 Å². The Morgan fingerprint density at radius 1 is 1.06 bits per heavy atom. The number of nitrogens with one attached hydrogen (secondary N) is 2. The summed E-state index contributed by atoms with van der Waals surface area (Å²) < 4.78 is 13.6. The lowest BCUT2D eigenvalue weighted by atomic mass is 9.96. The van der Waals surface area contributed by atoms with Gasteiger partial charge in [-0.25, -0.2) is 4.39 Å². The van der Waals surface area contributed by atoms with Gasteiger partial charge in [0.1, 0.15) is 5.82 Å². The molecule has 1 saturated heterocycles. The molecule has 2 amide bonds. The first kappa shape index (κ1) is 23.2. The van der Waals surface area contributed by atoms with Crippen molar-refractivity contribution < 1.29 is 14.0 Å². The van der Waals surface area contributed by atoms with Gasteiger partial charge in [-0.2, -0.15) is 0 Å². The van der Waals surface area contributed by atoms with E-state index in [4.69, 9.17) is 11.6 Å². The molecule has 1 aliphatic heterocycles. The molecule has 0 bridgehead atoms. The van der Waals surface area contributed by atoms with Crippen LogP contribution in [-0.4, -0.2) is 42.9 Å². The molecule has 0 atom stereocenters. The average Bonchev–Trinajstić information content (AvgIpc) is 2.76. The molecule has 2 N–H and O–H groups in total. The second-order valence-corrected chi connectivity index (χ2v) is 8.51. The van der Waals surface area contributed by atoms with Crippen LogP contribution in [0.1, 0.15) is 29.5 Å². The van der Waals surface area contributed by atoms with E-state index in [-0.39, 0.29) is 23.5 Å². The summed E-state index contributed by atoms with van der Waals surface area (Å²) in [4.78, 5) is 26.7. The summed E-state index contributed by atoms with van der Waals surface area (Å²) in [6.07, 6.45) is 2.19. The lowest BCUT2D eigenvalue weighted by Gasteiger charge is -2.30. The third-order valence-electron chi connectivity index (χ3n) is 5.68. The van der Waals surface area contributed by atoms with Gasteiger partial charge in [0, 0.05) is 24.0 Å². The fourth-order valence-electron chi connectivity index (χ4n) is 3.69. The van der Waals surface area contributed by atoms with E-state index in [0.717, 1.165) is 17.5 Å². The van der Waals surface area contributed by atoms with Crippen molar-refractivity contribution in [2.75, 3.05) is 26.2 Å². The molecule has 166 valence electrons. The summed E-state index contributed by atoms with van der Waals surface area (Å²) in [7, 11) is 0. The van der Waals surface area contributed by atoms with E-state index in [1.54, 1.807) is 13.0 Å². The standard InChI is InChI=1S/C24H29ClFN3O2/c1-17-2-3-19(14-22(17)26)15-28-24(31)20-9-12-29(13-10-20)16-23(30)27-11-8-18-4-6-21(25)7-5-18/h2-7,14,20H,8-13,15-16H2,1H3,(H,27,30)(H,28,31). The van der Waals surface area contributed by atoms with Crippen LogP contribution in [0.15, 0.2) is 42.5 Å². The van der Waals surface area contributed by atoms with Crippen molar-refractivity contribution in [1.29, 1.82) is 0 Å². The smallest absolute Gasteiger partial charge is 0.234 e. The fraction of sp³-hybridized carbons (Fsp3) is 0.417. The van der Waals surface area contributed by atoms with Gasteiger partial charge in [0.2, 0.25) is 11.8 Å². The average molecular weight is 446 g/mol. The van der Waals surface area contributed by atoms with Crippen LogP contribution in [0.4, 0.5) is 4.39 Å². The van der Waals surface area contributed by atoms with Gasteiger partial charge in [-0.05, 0) is 74.2 Å². The van der Waals surface area contributed by atoms with Crippen LogP contribution in [0.3, 0.4) is 0 Å². The second-order valence-electron chi connectivity index (χ2n) is 8.08. The van der Waals surface area contributed by atoms with Crippen LogP contribution in [-0.2, 0) is 22.6 Å². The molecule has 5 nitrogen and oxygen atoms in total. The maximum Gasteiger partial charge on any atom is 0.234 e. The van der Waals surface area contributed by atoms with Crippen LogP contribution >= 0.6 is 11.6 Å². The Kier molecular flexibility index (Phi) is 8.43. The molecule has 0 aromatic heterocycles. The summed E-state index contributed by atoms with van der Waals surface area (Å²) in [5.74, 6) is -0.336. The minimum absolute atomic E-state index is 0.00161. The number of halogens is 2. The number of piperidine rings is 1. The van der Waals surface area contributed by atoms with Crippen LogP contribution < -0.4 is 10.6 Å². The zero-order chi connectivity index (χ0) is 22.2. The van der Waals surface area contributed by atoms with Gasteiger partial charge >= 0.3 is 0 Å². The van der Waals surface area contributed by atoms with Crippen LogP contribution in [0.2, 0.25) is 5.02 Å². The minimum Gasteiger partial charge on any atom is -0.355 e. The molecule has 0 aliphatic carbocycles. The molecular formula is C24H29ClFN3O2. The Morgan fingerprint density at radius 3 is 2.42 bits per heavy atom. The van der Waals surface area contributed by atoms with Crippen molar-refractivity contribution in [2.24, 2.45) is 5.92 Å². The molecule has 0 spiro atoms. The summed E-state index contributed by atoms with van der Waals surface area (Å²) in [5, 5.41) is 6.56. The molecule has 0 saturated carbocycles. The maximum absolute atomic E-state index is 13.6. The van der Waals surface area contributed by atoms with E-state index in [0.29, 0.717) is 56.2 Å². The summed E-state index contributed by atoms with van der Waals surface area (Å²) in [6.45, 7) is 4.39. The number of benzene rings is 2. The molecule has 7 heteroatoms. The van der Waals surface area contributed by atoms with Crippen molar-refractivity contribution in [3.63, 3.8) is 0 Å². The number of carbonyl (C=O) groups excluding carboxylic acids is 2. The zero-order valence-corrected chi connectivity index (χ0v) is 18.6. The molecule has 1 fully saturated rings. The monoisotopic (exact) mass is 445 g/mol. The minimum atomic E-state index is -0.258. The van der Waals surface area contributed by atoms with Crippen LogP contribution in [0.25, 0.3) is 0 Å². The predicted octanol–water partition coefficient (Wildman–Crippen LogP) is 3.47. The van der Waals surface area contributed by atoms with Crippen molar-refractivity contribution in [1.82, 2.24) is 15.5 Å². The highest BCUT2D eigenvalue weighted by molar-refractivity contribution is 6.30. The van der Waals surface area contributed by atoms with Gasteiger partial charge in [0.25, 0.3) is 0 Å². The van der Waals surface area contributed by atoms with Gasteiger partial charge in [-0.3, -0.25) is 14.5 Å². The molecule has 2 aromatic carbocycles. The van der Waals surface area contributed by atoms with Crippen LogP contribution in [0.5, 0.6) is 0 Å². The fourth-order valence-corrected chi connectivity index (χ4v) is 3.82. The summed E-state index contributed by atoms with van der Waals surface area (Å²) >= 11 is 5.88. The van der Waals surface area contributed by atoms with Gasteiger partial charge in [-0.15, -0.1) is 0 Å². The molecule has 1 aliphatic rings. The zero-order valence-electron chi connectivity index (χ0n) is 17.8. The molecule has 2 aromatic rings. The third kappa shape index (κ3) is 7.33. The number of aryl methyl sites for hydroxylation is 1. The van der Waals surface area contributed by atoms with Crippen molar-refractivity contribution in [3.05, 3.63) is 70.0 Å². The maximum atomic E-state index is 13.6. The Bertz CT molecular complexity index is 896. The molecule has 0 unspecified atom stereocenters. The Morgan fingerprint density at radius 2 is 1.74 bits per heavy atom. The molecular weight excluding hydrogens is 417 g/mol. The first-order chi connectivity index (χ1) is 14.9. The lowest BCUT2D eigenvalue weighted by molar-refractivity contribution is -0.127. The lowest BCUT2D eigenvalue weighted by Crippen LogP contribution is -2.44. The molecule has 31 heavy (non-hydrogen) atoms. The number of carbonyl (C=O) groups is 2. The third-order valence-corrected chi connectivity index (χ3v) is 5.93. The second kappa shape index (κ2) is 11.3. The quantitative estimate of drug-likeness (QED) is 0.654. The molecule has 1 heterocycles. The molecule has 0 radical (unpaired) electrons. The van der Waals surface area contributed by atoms with Gasteiger partial charge < -0.3 is 10.6 Å². The van der Waals surface area contributed by atoms with Crippen molar-refractivity contribution >= 4 is 23.4 Å². The van der Waals surface area contributed by atoms with E-state index in [1.807, 2.05) is 30.3 Å². The molecule has 3 rings (SSSR count). The predicted molar refractivity (Wildman–Crippen MR) is 120 cm³/mol.